The molecule has 0 spiro atoms. The van der Waals surface area contributed by atoms with Gasteiger partial charge in [-0.2, -0.15) is 0 Å². The highest BCUT2D eigenvalue weighted by Gasteiger charge is 2.09. The Kier molecular flexibility index (Phi) is 7.36. The van der Waals surface area contributed by atoms with E-state index in [0.29, 0.717) is 5.92 Å². The molecule has 0 radical (unpaired) electrons. The first-order chi connectivity index (χ1) is 7.52. The van der Waals surface area contributed by atoms with Gasteiger partial charge in [0.2, 0.25) is 0 Å². The first kappa shape index (κ1) is 14.8. The zero-order chi connectivity index (χ0) is 12.6. The SMILES string of the molecule is C=C/C=C(\C=C/CC)C[C@@H](C)C(=C)N(C)C. The van der Waals surface area contributed by atoms with Gasteiger partial charge in [0, 0.05) is 19.8 Å². The molecule has 0 amide bonds. The highest BCUT2D eigenvalue weighted by atomic mass is 15.1. The molecule has 0 aliphatic carbocycles. The molecule has 1 nitrogen and oxygen atoms in total. The van der Waals surface area contributed by atoms with Crippen molar-refractivity contribution in [2.75, 3.05) is 14.1 Å². The van der Waals surface area contributed by atoms with Crippen LogP contribution in [-0.4, -0.2) is 19.0 Å². The van der Waals surface area contributed by atoms with Gasteiger partial charge in [0.15, 0.2) is 0 Å². The highest BCUT2D eigenvalue weighted by Crippen LogP contribution is 2.20. The van der Waals surface area contributed by atoms with Crippen molar-refractivity contribution in [3.05, 3.63) is 48.7 Å². The quantitative estimate of drug-likeness (QED) is 0.581. The first-order valence-corrected chi connectivity index (χ1v) is 5.87. The average molecular weight is 219 g/mol. The van der Waals surface area contributed by atoms with E-state index in [2.05, 4.69) is 50.1 Å². The summed E-state index contributed by atoms with van der Waals surface area (Å²) in [6.07, 6.45) is 10.4. The van der Waals surface area contributed by atoms with Crippen molar-refractivity contribution in [3.8, 4) is 0 Å². The summed E-state index contributed by atoms with van der Waals surface area (Å²) in [5.74, 6) is 0.461. The summed E-state index contributed by atoms with van der Waals surface area (Å²) < 4.78 is 0. The summed E-state index contributed by atoms with van der Waals surface area (Å²) in [6, 6.07) is 0. The summed E-state index contributed by atoms with van der Waals surface area (Å²) in [7, 11) is 4.08. The third-order valence-corrected chi connectivity index (χ3v) is 2.58. The maximum atomic E-state index is 4.10. The molecule has 0 fully saturated rings. The molecule has 0 aliphatic rings. The fourth-order valence-electron chi connectivity index (χ4n) is 1.52. The summed E-state index contributed by atoms with van der Waals surface area (Å²) in [5, 5.41) is 0. The van der Waals surface area contributed by atoms with Gasteiger partial charge in [0.1, 0.15) is 0 Å². The molecule has 0 aromatic carbocycles. The molecular weight excluding hydrogens is 194 g/mol. The normalized spacial score (nSPS) is 13.9. The number of hydrogen-bond donors (Lipinski definition) is 0. The molecule has 0 rings (SSSR count). The minimum Gasteiger partial charge on any atom is -0.381 e. The molecule has 0 unspecified atom stereocenters. The predicted molar refractivity (Wildman–Crippen MR) is 74.3 cm³/mol. The summed E-state index contributed by atoms with van der Waals surface area (Å²) in [4.78, 5) is 2.08. The lowest BCUT2D eigenvalue weighted by Crippen LogP contribution is -2.16. The molecule has 0 saturated carbocycles. The van der Waals surface area contributed by atoms with Gasteiger partial charge < -0.3 is 4.90 Å². The largest absolute Gasteiger partial charge is 0.381 e. The van der Waals surface area contributed by atoms with Crippen LogP contribution in [0.4, 0.5) is 0 Å². The van der Waals surface area contributed by atoms with Crippen molar-refractivity contribution in [1.29, 1.82) is 0 Å². The molecule has 1 atom stereocenters. The van der Waals surface area contributed by atoms with Gasteiger partial charge in [-0.3, -0.25) is 0 Å². The predicted octanol–water partition coefficient (Wildman–Crippen LogP) is 4.17. The first-order valence-electron chi connectivity index (χ1n) is 5.87. The Hall–Kier alpha value is -1.24. The van der Waals surface area contributed by atoms with E-state index in [0.717, 1.165) is 12.8 Å². The molecule has 1 heteroatoms. The van der Waals surface area contributed by atoms with E-state index >= 15 is 0 Å². The van der Waals surface area contributed by atoms with Gasteiger partial charge in [-0.05, 0) is 24.3 Å². The summed E-state index contributed by atoms with van der Waals surface area (Å²) in [6.45, 7) is 12.2. The molecule has 16 heavy (non-hydrogen) atoms. The maximum absolute atomic E-state index is 4.10. The second-order valence-corrected chi connectivity index (χ2v) is 4.28. The monoisotopic (exact) mass is 219 g/mol. The van der Waals surface area contributed by atoms with E-state index in [1.807, 2.05) is 20.2 Å². The third-order valence-electron chi connectivity index (χ3n) is 2.58. The number of nitrogens with zero attached hydrogens (tertiary/aromatic N) is 1. The van der Waals surface area contributed by atoms with E-state index in [1.165, 1.54) is 11.3 Å². The zero-order valence-corrected chi connectivity index (χ0v) is 11.2. The second kappa shape index (κ2) is 7.98. The molecule has 0 N–H and O–H groups in total. The van der Waals surface area contributed by atoms with E-state index in [9.17, 15) is 0 Å². The van der Waals surface area contributed by atoms with Gasteiger partial charge in [-0.1, -0.05) is 51.3 Å². The Labute approximate surface area is 101 Å². The number of hydrogen-bond acceptors (Lipinski definition) is 1. The van der Waals surface area contributed by atoms with Crippen LogP contribution in [0.2, 0.25) is 0 Å². The molecular formula is C15H25N. The Morgan fingerprint density at radius 2 is 2.00 bits per heavy atom. The summed E-state index contributed by atoms with van der Waals surface area (Å²) >= 11 is 0. The number of allylic oxidation sites excluding steroid dienone is 6. The number of rotatable bonds is 7. The van der Waals surface area contributed by atoms with Crippen LogP contribution in [0, 0.1) is 5.92 Å². The van der Waals surface area contributed by atoms with Crippen LogP contribution in [0.25, 0.3) is 0 Å². The van der Waals surface area contributed by atoms with Gasteiger partial charge in [0.05, 0.1) is 0 Å². The molecule has 90 valence electrons. The molecule has 0 aliphatic heterocycles. The lowest BCUT2D eigenvalue weighted by molar-refractivity contribution is 0.433. The van der Waals surface area contributed by atoms with Crippen LogP contribution in [0.15, 0.2) is 48.7 Å². The van der Waals surface area contributed by atoms with E-state index in [4.69, 9.17) is 0 Å². The van der Waals surface area contributed by atoms with Crippen LogP contribution in [-0.2, 0) is 0 Å². The lowest BCUT2D eigenvalue weighted by atomic mass is 9.97. The van der Waals surface area contributed by atoms with Crippen LogP contribution in [0.1, 0.15) is 26.7 Å². The standard InChI is InChI=1S/C15H25N/c1-7-9-11-15(10-8-2)12-13(3)14(4)16(5)6/h8-11,13H,2,4,7,12H2,1,3,5-6H3/b11-9-,15-10+/t13-/m1/s1. The Morgan fingerprint density at radius 3 is 2.44 bits per heavy atom. The lowest BCUT2D eigenvalue weighted by Gasteiger charge is -2.22. The Bertz CT molecular complexity index is 282. The third kappa shape index (κ3) is 5.59. The summed E-state index contributed by atoms with van der Waals surface area (Å²) in [5.41, 5.74) is 2.48. The van der Waals surface area contributed by atoms with Crippen molar-refractivity contribution >= 4 is 0 Å². The molecule has 0 aromatic rings. The Balaban J connectivity index is 4.52. The van der Waals surface area contributed by atoms with E-state index in [1.54, 1.807) is 0 Å². The second-order valence-electron chi connectivity index (χ2n) is 4.28. The van der Waals surface area contributed by atoms with Crippen molar-refractivity contribution in [2.24, 2.45) is 5.92 Å². The minimum absolute atomic E-state index is 0.461. The van der Waals surface area contributed by atoms with E-state index < -0.39 is 0 Å². The smallest absolute Gasteiger partial charge is 0.00865 e. The molecule has 0 aromatic heterocycles. The van der Waals surface area contributed by atoms with Gasteiger partial charge in [-0.15, -0.1) is 0 Å². The van der Waals surface area contributed by atoms with Crippen LogP contribution in [0.5, 0.6) is 0 Å². The molecule has 0 bridgehead atoms. The average Bonchev–Trinajstić information content (AvgIpc) is 2.24. The van der Waals surface area contributed by atoms with Gasteiger partial charge in [0.25, 0.3) is 0 Å². The van der Waals surface area contributed by atoms with Crippen molar-refractivity contribution in [1.82, 2.24) is 4.90 Å². The topological polar surface area (TPSA) is 3.24 Å². The fraction of sp³-hybridized carbons (Fsp3) is 0.467. The Morgan fingerprint density at radius 1 is 1.38 bits per heavy atom. The molecule has 0 saturated heterocycles. The maximum Gasteiger partial charge on any atom is 0.00865 e. The zero-order valence-electron chi connectivity index (χ0n) is 11.2. The van der Waals surface area contributed by atoms with Gasteiger partial charge in [-0.25, -0.2) is 0 Å². The van der Waals surface area contributed by atoms with Crippen LogP contribution < -0.4 is 0 Å². The van der Waals surface area contributed by atoms with Gasteiger partial charge >= 0.3 is 0 Å². The highest BCUT2D eigenvalue weighted by molar-refractivity contribution is 5.24. The van der Waals surface area contributed by atoms with Crippen molar-refractivity contribution in [2.45, 2.75) is 26.7 Å². The van der Waals surface area contributed by atoms with Crippen molar-refractivity contribution < 1.29 is 0 Å². The minimum atomic E-state index is 0.461. The van der Waals surface area contributed by atoms with Crippen LogP contribution >= 0.6 is 0 Å². The van der Waals surface area contributed by atoms with Crippen LogP contribution in [0.3, 0.4) is 0 Å². The van der Waals surface area contributed by atoms with Crippen molar-refractivity contribution in [3.63, 3.8) is 0 Å². The van der Waals surface area contributed by atoms with E-state index in [-0.39, 0.29) is 0 Å². The fourth-order valence-corrected chi connectivity index (χ4v) is 1.52. The molecule has 0 heterocycles.